The van der Waals surface area contributed by atoms with Gasteiger partial charge < -0.3 is 50.6 Å². The molecule has 21 nitrogen and oxygen atoms in total. The lowest BCUT2D eigenvalue weighted by molar-refractivity contribution is -0.646. The lowest BCUT2D eigenvalue weighted by Gasteiger charge is -2.13. The van der Waals surface area contributed by atoms with Gasteiger partial charge in [-0.2, -0.15) is 9.13 Å². The third-order valence-electron chi connectivity index (χ3n) is 13.1. The summed E-state index contributed by atoms with van der Waals surface area (Å²) < 4.78 is 21.0. The molecule has 0 aliphatic carbocycles. The molecule has 0 fully saturated rings. The number of nitrogens with zero attached hydrogens (tertiary/aromatic N) is 9. The maximum absolute atomic E-state index is 12.5. The summed E-state index contributed by atoms with van der Waals surface area (Å²) in [6, 6.07) is 49.2. The van der Waals surface area contributed by atoms with Crippen LogP contribution in [-0.4, -0.2) is 81.2 Å². The van der Waals surface area contributed by atoms with Gasteiger partial charge in [-0.25, -0.2) is 19.9 Å². The standard InChI is InChI=1S/C27H26N3O3.C19H24N3O.C13H10N2O.2NO3/c1-33-24-16-10-15-23-25(24)28-21-13-6-7-14-22(21)29(23)17-8-2-3-9-18-30-26(31)19-11-4-5-12-20(19)27(30)32;1-23-18-12-8-11-17-19(18)21-15-9-4-5-10-16(15)22(17)14-7-3-2-6-13-20;1-16-12-8-4-7-11-13(12)15-10-6-3-2-5-9(10)14-11;2*2-1(3)4/h4-7,10-16H,2-3,8-9,17-18H2,1H3;4-5,8-12H,2-3,6-7,13-14,20H2,1H3;2-8H,1H3;;/q2*+1;;2*-1. The van der Waals surface area contributed by atoms with Gasteiger partial charge in [0.2, 0.25) is 22.1 Å². The second kappa shape index (κ2) is 28.6. The molecule has 0 bridgehead atoms. The van der Waals surface area contributed by atoms with E-state index in [-0.39, 0.29) is 11.8 Å². The number of nitrogens with two attached hydrogens (primary N) is 1. The first-order valence-electron chi connectivity index (χ1n) is 25.9. The number of para-hydroxylation sites is 9. The molecular weight excluding hydrogens is 1020 g/mol. The summed E-state index contributed by atoms with van der Waals surface area (Å²) >= 11 is 0. The number of hydrogen-bond donors (Lipinski definition) is 1. The van der Waals surface area contributed by atoms with Gasteiger partial charge in [0.25, 0.3) is 11.8 Å². The minimum atomic E-state index is -1.75. The van der Waals surface area contributed by atoms with Crippen LogP contribution in [0.25, 0.3) is 66.2 Å². The van der Waals surface area contributed by atoms with E-state index < -0.39 is 10.2 Å². The molecular formula is C59H60N10O11. The van der Waals surface area contributed by atoms with Gasteiger partial charge in [0.15, 0.2) is 22.5 Å². The zero-order chi connectivity index (χ0) is 57.0. The van der Waals surface area contributed by atoms with Gasteiger partial charge in [0, 0.05) is 43.7 Å². The van der Waals surface area contributed by atoms with Crippen molar-refractivity contribution in [3.63, 3.8) is 0 Å². The zero-order valence-corrected chi connectivity index (χ0v) is 44.5. The summed E-state index contributed by atoms with van der Waals surface area (Å²) in [7, 11) is 5.01. The van der Waals surface area contributed by atoms with Crippen molar-refractivity contribution in [1.29, 1.82) is 0 Å². The summed E-state index contributed by atoms with van der Waals surface area (Å²) in [5, 5.41) is 29.5. The van der Waals surface area contributed by atoms with Crippen LogP contribution < -0.4 is 29.1 Å². The van der Waals surface area contributed by atoms with Crippen LogP contribution in [0, 0.1) is 30.6 Å². The molecule has 2 amide bonds. The molecule has 21 heteroatoms. The average Bonchev–Trinajstić information content (AvgIpc) is 3.85. The molecule has 3 aromatic heterocycles. The highest BCUT2D eigenvalue weighted by molar-refractivity contribution is 6.21. The highest BCUT2D eigenvalue weighted by Crippen LogP contribution is 2.28. The summed E-state index contributed by atoms with van der Waals surface area (Å²) in [6.07, 6.45) is 8.42. The van der Waals surface area contributed by atoms with Crippen molar-refractivity contribution in [2.45, 2.75) is 64.5 Å². The van der Waals surface area contributed by atoms with Gasteiger partial charge in [-0.05, 0) is 92.9 Å². The van der Waals surface area contributed by atoms with E-state index in [1.165, 1.54) is 23.3 Å². The highest BCUT2D eigenvalue weighted by atomic mass is 16.9. The predicted molar refractivity (Wildman–Crippen MR) is 304 cm³/mol. The van der Waals surface area contributed by atoms with Crippen LogP contribution in [0.5, 0.6) is 17.2 Å². The van der Waals surface area contributed by atoms with Gasteiger partial charge in [0.1, 0.15) is 35.4 Å². The van der Waals surface area contributed by atoms with Crippen LogP contribution >= 0.6 is 0 Å². The molecule has 11 rings (SSSR count). The van der Waals surface area contributed by atoms with Crippen LogP contribution in [0.4, 0.5) is 0 Å². The van der Waals surface area contributed by atoms with E-state index in [2.05, 4.69) is 55.5 Å². The number of aromatic nitrogens is 6. The number of imide groups is 1. The van der Waals surface area contributed by atoms with E-state index in [4.69, 9.17) is 60.6 Å². The number of unbranched alkanes of at least 4 members (excludes halogenated alkanes) is 6. The Morgan fingerprint density at radius 1 is 0.425 bits per heavy atom. The molecule has 0 saturated heterocycles. The summed E-state index contributed by atoms with van der Waals surface area (Å²) in [5.74, 6) is 2.01. The molecule has 0 unspecified atom stereocenters. The minimum absolute atomic E-state index is 0.171. The van der Waals surface area contributed by atoms with Gasteiger partial charge in [0.05, 0.1) is 59.2 Å². The van der Waals surface area contributed by atoms with E-state index in [0.717, 1.165) is 136 Å². The molecule has 4 heterocycles. The molecule has 2 N–H and O–H groups in total. The molecule has 10 aromatic rings. The Morgan fingerprint density at radius 2 is 0.775 bits per heavy atom. The first-order chi connectivity index (χ1) is 38.9. The lowest BCUT2D eigenvalue weighted by atomic mass is 10.1. The normalized spacial score (nSPS) is 11.4. The molecule has 0 saturated carbocycles. The maximum Gasteiger partial charge on any atom is 0.261 e. The number of methoxy groups -OCH3 is 3. The van der Waals surface area contributed by atoms with E-state index in [9.17, 15) is 9.59 Å². The van der Waals surface area contributed by atoms with Crippen LogP contribution in [0.1, 0.15) is 72.1 Å². The quantitative estimate of drug-likeness (QED) is 0.0235. The highest BCUT2D eigenvalue weighted by Gasteiger charge is 2.34. The van der Waals surface area contributed by atoms with Crippen molar-refractivity contribution in [3.8, 4) is 17.2 Å². The van der Waals surface area contributed by atoms with Crippen molar-refractivity contribution in [3.05, 3.63) is 193 Å². The number of rotatable bonds is 16. The molecule has 412 valence electrons. The fourth-order valence-corrected chi connectivity index (χ4v) is 9.45. The summed E-state index contributed by atoms with van der Waals surface area (Å²) in [6.45, 7) is 3.10. The first-order valence-corrected chi connectivity index (χ1v) is 25.9. The second-order valence-corrected chi connectivity index (χ2v) is 18.1. The molecule has 0 spiro atoms. The Balaban J connectivity index is 0.000000170. The second-order valence-electron chi connectivity index (χ2n) is 18.1. The van der Waals surface area contributed by atoms with Crippen molar-refractivity contribution in [1.82, 2.24) is 24.8 Å². The van der Waals surface area contributed by atoms with E-state index in [1.54, 1.807) is 45.6 Å². The Hall–Kier alpha value is -9.76. The fraction of sp³-hybridized carbons (Fsp3) is 0.254. The topological polar surface area (TPSA) is 283 Å². The summed E-state index contributed by atoms with van der Waals surface area (Å²) in [4.78, 5) is 61.6. The molecule has 7 aromatic carbocycles. The predicted octanol–water partition coefficient (Wildman–Crippen LogP) is 10.1. The third-order valence-corrected chi connectivity index (χ3v) is 13.1. The smallest absolute Gasteiger partial charge is 0.261 e. The van der Waals surface area contributed by atoms with E-state index in [1.807, 2.05) is 91.0 Å². The molecule has 0 radical (unpaired) electrons. The number of ether oxygens (including phenoxy) is 3. The van der Waals surface area contributed by atoms with Crippen LogP contribution in [0.3, 0.4) is 0 Å². The van der Waals surface area contributed by atoms with Crippen molar-refractivity contribution < 1.29 is 43.1 Å². The molecule has 80 heavy (non-hydrogen) atoms. The maximum atomic E-state index is 12.5. The first kappa shape index (κ1) is 57.9. The number of carbonyl (C=O) groups is 2. The van der Waals surface area contributed by atoms with Crippen molar-refractivity contribution in [2.75, 3.05) is 34.4 Å². The SMILES string of the molecule is COc1cccc2c1nc1ccccc1[n+]2CCCCCCN.COc1cccc2c1nc1ccccc1[n+]2CCCCCCN1C(=O)c2ccccc2C1=O.COc1cccc2nc3ccccc3nc12.O=[N+]([O-])[O-].O=[N+]([O-])[O-]. The number of fused-ring (bicyclic) bond motifs is 7. The third kappa shape index (κ3) is 14.4. The number of amides is 2. The van der Waals surface area contributed by atoms with Gasteiger partial charge in [-0.3, -0.25) is 14.5 Å². The zero-order valence-electron chi connectivity index (χ0n) is 44.5. The van der Waals surface area contributed by atoms with Gasteiger partial charge in [-0.15, -0.1) is 0 Å². The summed E-state index contributed by atoms with van der Waals surface area (Å²) in [5.41, 5.74) is 18.3. The average molecular weight is 1090 g/mol. The fourth-order valence-electron chi connectivity index (χ4n) is 9.45. The van der Waals surface area contributed by atoms with Crippen molar-refractivity contribution >= 4 is 78.0 Å². The van der Waals surface area contributed by atoms with E-state index >= 15 is 0 Å². The number of carbonyl (C=O) groups excluding carboxylic acids is 2. The van der Waals surface area contributed by atoms with Crippen LogP contribution in [-0.2, 0) is 13.1 Å². The lowest BCUT2D eigenvalue weighted by Crippen LogP contribution is -2.36. The molecule has 1 aliphatic rings. The van der Waals surface area contributed by atoms with Crippen LogP contribution in [0.2, 0.25) is 0 Å². The monoisotopic (exact) mass is 1080 g/mol. The Bertz CT molecular complexity index is 3740. The molecule has 1 aliphatic heterocycles. The van der Waals surface area contributed by atoms with Crippen LogP contribution in [0.15, 0.2) is 152 Å². The number of hydrogen-bond acceptors (Lipinski definition) is 16. The van der Waals surface area contributed by atoms with E-state index in [0.29, 0.717) is 17.7 Å². The van der Waals surface area contributed by atoms with Crippen molar-refractivity contribution in [2.24, 2.45) is 5.73 Å². The number of benzene rings is 7. The Morgan fingerprint density at radius 3 is 1.24 bits per heavy atom. The largest absolute Gasteiger partial charge is 0.494 e. The van der Waals surface area contributed by atoms with Gasteiger partial charge >= 0.3 is 0 Å². The Labute approximate surface area is 459 Å². The molecule has 0 atom stereocenters. The minimum Gasteiger partial charge on any atom is -0.494 e. The Kier molecular flexibility index (Phi) is 20.7. The number of aryl methyl sites for hydroxylation is 2. The van der Waals surface area contributed by atoms with Gasteiger partial charge in [-0.1, -0.05) is 79.6 Å².